The Balaban J connectivity index is 1.54. The van der Waals surface area contributed by atoms with Gasteiger partial charge in [-0.3, -0.25) is 14.5 Å². The molecule has 0 radical (unpaired) electrons. The van der Waals surface area contributed by atoms with Gasteiger partial charge in [-0.2, -0.15) is 5.10 Å². The quantitative estimate of drug-likeness (QED) is 0.767. The minimum Gasteiger partial charge on any atom is -0.437 e. The number of pyridine rings is 2. The number of nitrogens with zero attached hydrogens (tertiary/aromatic N) is 4. The first-order chi connectivity index (χ1) is 12.2. The summed E-state index contributed by atoms with van der Waals surface area (Å²) < 4.78 is 21.1. The maximum atomic E-state index is 11.8. The van der Waals surface area contributed by atoms with Crippen molar-refractivity contribution in [2.45, 2.75) is 0 Å². The van der Waals surface area contributed by atoms with Crippen molar-refractivity contribution >= 4 is 21.9 Å². The highest BCUT2D eigenvalue weighted by Gasteiger charge is 2.22. The monoisotopic (exact) mass is 353 g/mol. The van der Waals surface area contributed by atoms with E-state index in [1.807, 2.05) is 6.07 Å². The van der Waals surface area contributed by atoms with E-state index in [1.165, 1.54) is 10.8 Å². The molecule has 124 valence electrons. The molecule has 25 heavy (non-hydrogen) atoms. The van der Waals surface area contributed by atoms with Gasteiger partial charge in [0.25, 0.3) is 5.91 Å². The molecule has 8 nitrogen and oxygen atoms in total. The molecule has 0 aromatic carbocycles. The summed E-state index contributed by atoms with van der Waals surface area (Å²) in [5.74, 6) is 0.644. The molecule has 1 N–H and O–H groups in total. The first-order valence-electron chi connectivity index (χ1n) is 7.22. The molecule has 0 saturated carbocycles. The topological polar surface area (TPSA) is 99.0 Å². The predicted octanol–water partition coefficient (Wildman–Crippen LogP) is 1.72. The largest absolute Gasteiger partial charge is 0.437 e. The fraction of sp³-hybridized carbons (Fsp3) is 0. The summed E-state index contributed by atoms with van der Waals surface area (Å²) in [5.41, 5.74) is 1.59. The number of carbonyl (C=O) groups excluding carboxylic acids is 1. The van der Waals surface area contributed by atoms with Crippen molar-refractivity contribution in [1.29, 1.82) is 0 Å². The Morgan fingerprint density at radius 2 is 2.04 bits per heavy atom. The van der Waals surface area contributed by atoms with E-state index in [2.05, 4.69) is 19.8 Å². The molecule has 3 aromatic rings. The fourth-order valence-corrected chi connectivity index (χ4v) is 3.05. The number of hydrogen-bond acceptors (Lipinski definition) is 6. The van der Waals surface area contributed by atoms with Crippen molar-refractivity contribution in [2.75, 3.05) is 0 Å². The van der Waals surface area contributed by atoms with Gasteiger partial charge in [0.2, 0.25) is 5.88 Å². The van der Waals surface area contributed by atoms with E-state index in [-0.39, 0.29) is 0 Å². The van der Waals surface area contributed by atoms with Crippen LogP contribution in [0.2, 0.25) is 0 Å². The third-order valence-electron chi connectivity index (χ3n) is 3.37. The molecular formula is C16H11N5O3S. The Labute approximate surface area is 144 Å². The Hall–Kier alpha value is -3.33. The van der Waals surface area contributed by atoms with Gasteiger partial charge < -0.3 is 4.74 Å². The average molecular weight is 353 g/mol. The highest BCUT2D eigenvalue weighted by molar-refractivity contribution is 7.93. The SMILES string of the molecule is O=C1C=C(n2cc(-c3ccc(Oc4cccnc4)nc3)cn2)S(=O)N1. The first kappa shape index (κ1) is 15.2. The lowest BCUT2D eigenvalue weighted by molar-refractivity contribution is -0.114. The van der Waals surface area contributed by atoms with Crippen LogP contribution in [0.3, 0.4) is 0 Å². The van der Waals surface area contributed by atoms with E-state index >= 15 is 0 Å². The molecule has 3 aromatic heterocycles. The number of aromatic nitrogens is 4. The van der Waals surface area contributed by atoms with Crippen LogP contribution in [-0.2, 0) is 15.8 Å². The van der Waals surface area contributed by atoms with Crippen LogP contribution in [0.1, 0.15) is 0 Å². The minimum atomic E-state index is -1.59. The third-order valence-corrected chi connectivity index (χ3v) is 4.44. The highest BCUT2D eigenvalue weighted by atomic mass is 32.2. The van der Waals surface area contributed by atoms with Crippen LogP contribution in [0.5, 0.6) is 11.6 Å². The van der Waals surface area contributed by atoms with Gasteiger partial charge in [0.1, 0.15) is 5.75 Å². The molecule has 1 amide bonds. The summed E-state index contributed by atoms with van der Waals surface area (Å²) in [5, 5.41) is 4.44. The first-order valence-corrected chi connectivity index (χ1v) is 8.37. The summed E-state index contributed by atoms with van der Waals surface area (Å²) in [6.45, 7) is 0. The zero-order valence-corrected chi connectivity index (χ0v) is 13.5. The van der Waals surface area contributed by atoms with E-state index in [9.17, 15) is 9.00 Å². The maximum Gasteiger partial charge on any atom is 0.258 e. The van der Waals surface area contributed by atoms with Gasteiger partial charge in [-0.05, 0) is 18.2 Å². The Morgan fingerprint density at radius 1 is 1.12 bits per heavy atom. The summed E-state index contributed by atoms with van der Waals surface area (Å²) in [4.78, 5) is 19.5. The van der Waals surface area contributed by atoms with Crippen molar-refractivity contribution < 1.29 is 13.7 Å². The lowest BCUT2D eigenvalue weighted by Crippen LogP contribution is -2.17. The Morgan fingerprint density at radius 3 is 2.72 bits per heavy atom. The van der Waals surface area contributed by atoms with Crippen molar-refractivity contribution in [3.05, 3.63) is 61.3 Å². The molecule has 9 heteroatoms. The van der Waals surface area contributed by atoms with Crippen LogP contribution >= 0.6 is 0 Å². The van der Waals surface area contributed by atoms with Crippen LogP contribution in [0.25, 0.3) is 16.2 Å². The third kappa shape index (κ3) is 3.17. The molecule has 1 aliphatic rings. The van der Waals surface area contributed by atoms with Crippen molar-refractivity contribution in [3.8, 4) is 22.8 Å². The van der Waals surface area contributed by atoms with E-state index < -0.39 is 16.9 Å². The van der Waals surface area contributed by atoms with E-state index in [0.717, 1.165) is 11.1 Å². The second kappa shape index (κ2) is 6.29. The molecular weight excluding hydrogens is 342 g/mol. The van der Waals surface area contributed by atoms with Crippen LogP contribution < -0.4 is 9.46 Å². The fourth-order valence-electron chi connectivity index (χ4n) is 2.22. The number of nitrogens with one attached hydrogen (secondary N) is 1. The number of ether oxygens (including phenoxy) is 1. The number of rotatable bonds is 4. The second-order valence-electron chi connectivity index (χ2n) is 5.07. The minimum absolute atomic E-state index is 0.292. The molecule has 1 atom stereocenters. The van der Waals surface area contributed by atoms with Gasteiger partial charge in [-0.25, -0.2) is 13.9 Å². The summed E-state index contributed by atoms with van der Waals surface area (Å²) in [6.07, 6.45) is 9.47. The lowest BCUT2D eigenvalue weighted by Gasteiger charge is -2.04. The van der Waals surface area contributed by atoms with Crippen molar-refractivity contribution in [2.24, 2.45) is 0 Å². The smallest absolute Gasteiger partial charge is 0.258 e. The van der Waals surface area contributed by atoms with Crippen LogP contribution in [0, 0.1) is 0 Å². The molecule has 0 aliphatic carbocycles. The summed E-state index contributed by atoms with van der Waals surface area (Å²) in [7, 11) is -1.59. The van der Waals surface area contributed by atoms with Crippen LogP contribution in [0.15, 0.2) is 61.3 Å². The standard InChI is InChI=1S/C16H11N5O3S/c22-14-6-16(25(23)20-14)21-10-12(8-19-21)11-3-4-15(18-7-11)24-13-2-1-5-17-9-13/h1-10H,(H,20,22). The number of carbonyl (C=O) groups is 1. The normalized spacial score (nSPS) is 16.4. The molecule has 1 aliphatic heterocycles. The second-order valence-corrected chi connectivity index (χ2v) is 6.23. The molecule has 0 spiro atoms. The van der Waals surface area contributed by atoms with Gasteiger partial charge in [-0.1, -0.05) is 0 Å². The molecule has 0 fully saturated rings. The summed E-state index contributed by atoms with van der Waals surface area (Å²) >= 11 is 0. The lowest BCUT2D eigenvalue weighted by atomic mass is 10.2. The molecule has 0 saturated heterocycles. The molecule has 4 heterocycles. The zero-order valence-electron chi connectivity index (χ0n) is 12.7. The summed E-state index contributed by atoms with van der Waals surface area (Å²) in [6, 6.07) is 7.14. The van der Waals surface area contributed by atoms with E-state index in [1.54, 1.807) is 49.2 Å². The van der Waals surface area contributed by atoms with Crippen molar-refractivity contribution in [3.63, 3.8) is 0 Å². The van der Waals surface area contributed by atoms with Crippen LogP contribution in [0.4, 0.5) is 0 Å². The van der Waals surface area contributed by atoms with Crippen LogP contribution in [-0.4, -0.2) is 29.9 Å². The van der Waals surface area contributed by atoms with Gasteiger partial charge >= 0.3 is 0 Å². The molecule has 1 unspecified atom stereocenters. The number of hydrogen-bond donors (Lipinski definition) is 1. The number of amides is 1. The molecule has 4 rings (SSSR count). The maximum absolute atomic E-state index is 11.8. The molecule has 0 bridgehead atoms. The average Bonchev–Trinajstić information content (AvgIpc) is 3.23. The van der Waals surface area contributed by atoms with Crippen molar-refractivity contribution in [1.82, 2.24) is 24.5 Å². The van der Waals surface area contributed by atoms with E-state index in [0.29, 0.717) is 16.7 Å². The van der Waals surface area contributed by atoms with Gasteiger partial charge in [-0.15, -0.1) is 0 Å². The van der Waals surface area contributed by atoms with E-state index in [4.69, 9.17) is 4.74 Å². The van der Waals surface area contributed by atoms with Gasteiger partial charge in [0, 0.05) is 41.9 Å². The van der Waals surface area contributed by atoms with Gasteiger partial charge in [0.05, 0.1) is 12.4 Å². The zero-order chi connectivity index (χ0) is 17.2. The Bertz CT molecular complexity index is 983. The van der Waals surface area contributed by atoms with Gasteiger partial charge in [0.15, 0.2) is 16.0 Å². The highest BCUT2D eigenvalue weighted by Crippen LogP contribution is 2.24. The predicted molar refractivity (Wildman–Crippen MR) is 90.3 cm³/mol. The Kier molecular flexibility index (Phi) is 3.82.